The van der Waals surface area contributed by atoms with Gasteiger partial charge in [-0.1, -0.05) is 34.1 Å². The first-order valence-electron chi connectivity index (χ1n) is 5.85. The highest BCUT2D eigenvalue weighted by Crippen LogP contribution is 2.27. The standard InChI is InChI=1S/C13H16BrNO2/c14-12-4-2-1-3-11(12)13(17)9-15(7-8-16)10-5-6-10/h1-4,10,16H,5-9H2. The summed E-state index contributed by atoms with van der Waals surface area (Å²) < 4.78 is 0.838. The molecule has 0 aliphatic heterocycles. The van der Waals surface area contributed by atoms with Crippen LogP contribution in [0.25, 0.3) is 0 Å². The molecule has 0 heterocycles. The van der Waals surface area contributed by atoms with E-state index in [4.69, 9.17) is 5.11 Å². The second-order valence-corrected chi connectivity index (χ2v) is 5.18. The van der Waals surface area contributed by atoms with Crippen molar-refractivity contribution in [2.45, 2.75) is 18.9 Å². The fraction of sp³-hybridized carbons (Fsp3) is 0.462. The Morgan fingerprint density at radius 3 is 2.71 bits per heavy atom. The lowest BCUT2D eigenvalue weighted by Gasteiger charge is -2.19. The third-order valence-corrected chi connectivity index (χ3v) is 3.66. The van der Waals surface area contributed by atoms with Crippen LogP contribution in [0.15, 0.2) is 28.7 Å². The molecular formula is C13H16BrNO2. The molecule has 0 spiro atoms. The van der Waals surface area contributed by atoms with Gasteiger partial charge in [0.25, 0.3) is 0 Å². The van der Waals surface area contributed by atoms with Gasteiger partial charge in [-0.15, -0.1) is 0 Å². The van der Waals surface area contributed by atoms with Gasteiger partial charge in [-0.05, 0) is 18.9 Å². The predicted octanol–water partition coefficient (Wildman–Crippen LogP) is 2.09. The molecule has 0 saturated heterocycles. The van der Waals surface area contributed by atoms with E-state index in [0.29, 0.717) is 19.1 Å². The van der Waals surface area contributed by atoms with Crippen LogP contribution in [0, 0.1) is 0 Å². The van der Waals surface area contributed by atoms with Crippen LogP contribution in [0.3, 0.4) is 0 Å². The molecule has 17 heavy (non-hydrogen) atoms. The SMILES string of the molecule is O=C(CN(CCO)C1CC1)c1ccccc1Br. The highest BCUT2D eigenvalue weighted by Gasteiger charge is 2.30. The highest BCUT2D eigenvalue weighted by atomic mass is 79.9. The smallest absolute Gasteiger partial charge is 0.177 e. The van der Waals surface area contributed by atoms with Crippen molar-refractivity contribution >= 4 is 21.7 Å². The number of hydrogen-bond donors (Lipinski definition) is 1. The van der Waals surface area contributed by atoms with Crippen molar-refractivity contribution in [1.82, 2.24) is 4.90 Å². The van der Waals surface area contributed by atoms with Crippen molar-refractivity contribution in [2.75, 3.05) is 19.7 Å². The van der Waals surface area contributed by atoms with Gasteiger partial charge in [0.2, 0.25) is 0 Å². The number of nitrogens with zero attached hydrogens (tertiary/aromatic N) is 1. The highest BCUT2D eigenvalue weighted by molar-refractivity contribution is 9.10. The lowest BCUT2D eigenvalue weighted by molar-refractivity contribution is 0.0906. The van der Waals surface area contributed by atoms with E-state index in [1.807, 2.05) is 24.3 Å². The Labute approximate surface area is 110 Å². The van der Waals surface area contributed by atoms with Gasteiger partial charge in [-0.25, -0.2) is 0 Å². The minimum atomic E-state index is 0.109. The largest absolute Gasteiger partial charge is 0.395 e. The fourth-order valence-corrected chi connectivity index (χ4v) is 2.42. The zero-order valence-corrected chi connectivity index (χ0v) is 11.2. The van der Waals surface area contributed by atoms with Crippen LogP contribution in [0.4, 0.5) is 0 Å². The Kier molecular flexibility index (Phi) is 4.31. The zero-order chi connectivity index (χ0) is 12.3. The molecular weight excluding hydrogens is 282 g/mol. The maximum Gasteiger partial charge on any atom is 0.177 e. The lowest BCUT2D eigenvalue weighted by Crippen LogP contribution is -2.34. The summed E-state index contributed by atoms with van der Waals surface area (Å²) in [6.07, 6.45) is 2.28. The first-order chi connectivity index (χ1) is 8.22. The van der Waals surface area contributed by atoms with Gasteiger partial charge in [0, 0.05) is 22.6 Å². The molecule has 4 heteroatoms. The summed E-state index contributed by atoms with van der Waals surface area (Å²) >= 11 is 3.39. The van der Waals surface area contributed by atoms with Crippen LogP contribution in [0.1, 0.15) is 23.2 Å². The molecule has 1 aromatic rings. The average Bonchev–Trinajstić information content (AvgIpc) is 3.12. The van der Waals surface area contributed by atoms with Crippen LogP contribution in [0.5, 0.6) is 0 Å². The molecule has 1 N–H and O–H groups in total. The Hall–Kier alpha value is -0.710. The Balaban J connectivity index is 2.02. The molecule has 1 fully saturated rings. The topological polar surface area (TPSA) is 40.5 Å². The van der Waals surface area contributed by atoms with Gasteiger partial charge in [0.05, 0.1) is 13.2 Å². The molecule has 3 nitrogen and oxygen atoms in total. The fourth-order valence-electron chi connectivity index (χ4n) is 1.92. The molecule has 0 atom stereocenters. The Bertz CT molecular complexity index is 404. The molecule has 1 aliphatic rings. The molecule has 1 aliphatic carbocycles. The maximum atomic E-state index is 12.1. The third-order valence-electron chi connectivity index (χ3n) is 2.97. The second-order valence-electron chi connectivity index (χ2n) is 4.33. The summed E-state index contributed by atoms with van der Waals surface area (Å²) in [6, 6.07) is 7.96. The number of rotatable bonds is 6. The van der Waals surface area contributed by atoms with Gasteiger partial charge in [-0.3, -0.25) is 9.69 Å². The number of ketones is 1. The molecule has 0 radical (unpaired) electrons. The molecule has 0 amide bonds. The van der Waals surface area contributed by atoms with E-state index in [2.05, 4.69) is 20.8 Å². The first kappa shape index (κ1) is 12.7. The number of halogens is 1. The number of aliphatic hydroxyl groups is 1. The molecule has 1 saturated carbocycles. The molecule has 92 valence electrons. The minimum Gasteiger partial charge on any atom is -0.395 e. The van der Waals surface area contributed by atoms with Crippen molar-refractivity contribution in [3.8, 4) is 0 Å². The molecule has 0 bridgehead atoms. The number of aliphatic hydroxyl groups excluding tert-OH is 1. The van der Waals surface area contributed by atoms with Crippen LogP contribution >= 0.6 is 15.9 Å². The van der Waals surface area contributed by atoms with Gasteiger partial charge in [0.1, 0.15) is 0 Å². The number of benzene rings is 1. The normalized spacial score (nSPS) is 15.2. The van der Waals surface area contributed by atoms with Crippen LogP contribution in [0.2, 0.25) is 0 Å². The predicted molar refractivity (Wildman–Crippen MR) is 70.2 cm³/mol. The monoisotopic (exact) mass is 297 g/mol. The van der Waals surface area contributed by atoms with E-state index in [-0.39, 0.29) is 12.4 Å². The van der Waals surface area contributed by atoms with Crippen molar-refractivity contribution in [2.24, 2.45) is 0 Å². The van der Waals surface area contributed by atoms with E-state index in [0.717, 1.165) is 22.9 Å². The van der Waals surface area contributed by atoms with Crippen molar-refractivity contribution in [1.29, 1.82) is 0 Å². The summed E-state index contributed by atoms with van der Waals surface area (Å²) in [6.45, 7) is 1.09. The molecule has 0 unspecified atom stereocenters. The van der Waals surface area contributed by atoms with Crippen molar-refractivity contribution < 1.29 is 9.90 Å². The second kappa shape index (κ2) is 5.76. The summed E-state index contributed by atoms with van der Waals surface area (Å²) in [5.74, 6) is 0.109. The number of carbonyl (C=O) groups excluding carboxylic acids is 1. The first-order valence-corrected chi connectivity index (χ1v) is 6.64. The average molecular weight is 298 g/mol. The summed E-state index contributed by atoms with van der Waals surface area (Å²) in [5.41, 5.74) is 0.719. The van der Waals surface area contributed by atoms with Crippen LogP contribution < -0.4 is 0 Å². The van der Waals surface area contributed by atoms with E-state index >= 15 is 0 Å². The van der Waals surface area contributed by atoms with Crippen molar-refractivity contribution in [3.05, 3.63) is 34.3 Å². The van der Waals surface area contributed by atoms with Crippen LogP contribution in [-0.2, 0) is 0 Å². The Morgan fingerprint density at radius 1 is 1.41 bits per heavy atom. The molecule has 1 aromatic carbocycles. The van der Waals surface area contributed by atoms with Crippen molar-refractivity contribution in [3.63, 3.8) is 0 Å². The number of hydrogen-bond acceptors (Lipinski definition) is 3. The van der Waals surface area contributed by atoms with E-state index in [1.54, 1.807) is 0 Å². The summed E-state index contributed by atoms with van der Waals surface area (Å²) in [5, 5.41) is 8.99. The van der Waals surface area contributed by atoms with E-state index in [9.17, 15) is 4.79 Å². The van der Waals surface area contributed by atoms with E-state index in [1.165, 1.54) is 0 Å². The number of Topliss-reactive ketones (excluding diaryl/α,β-unsaturated/α-hetero) is 1. The van der Waals surface area contributed by atoms with Gasteiger partial charge >= 0.3 is 0 Å². The van der Waals surface area contributed by atoms with Gasteiger partial charge in [0.15, 0.2) is 5.78 Å². The molecule has 0 aromatic heterocycles. The van der Waals surface area contributed by atoms with Gasteiger partial charge < -0.3 is 5.11 Å². The maximum absolute atomic E-state index is 12.1. The third kappa shape index (κ3) is 3.37. The minimum absolute atomic E-state index is 0.109. The lowest BCUT2D eigenvalue weighted by atomic mass is 10.1. The van der Waals surface area contributed by atoms with E-state index < -0.39 is 0 Å². The quantitative estimate of drug-likeness (QED) is 0.818. The Morgan fingerprint density at radius 2 is 2.12 bits per heavy atom. The summed E-state index contributed by atoms with van der Waals surface area (Å²) in [7, 11) is 0. The van der Waals surface area contributed by atoms with Gasteiger partial charge in [-0.2, -0.15) is 0 Å². The number of carbonyl (C=O) groups is 1. The molecule has 2 rings (SSSR count). The summed E-state index contributed by atoms with van der Waals surface area (Å²) in [4.78, 5) is 14.2. The van der Waals surface area contributed by atoms with Crippen LogP contribution in [-0.4, -0.2) is 41.5 Å². The zero-order valence-electron chi connectivity index (χ0n) is 9.60.